The number of halogens is 2. The average Bonchev–Trinajstić information content (AvgIpc) is 2.71. The molecule has 0 aromatic heterocycles. The van der Waals surface area contributed by atoms with Crippen LogP contribution in [0.5, 0.6) is 0 Å². The fourth-order valence-corrected chi connectivity index (χ4v) is 2.32. The van der Waals surface area contributed by atoms with Crippen LogP contribution >= 0.6 is 11.6 Å². The number of hydrogen-bond donors (Lipinski definition) is 1. The van der Waals surface area contributed by atoms with Crippen molar-refractivity contribution in [2.24, 2.45) is 5.92 Å². The summed E-state index contributed by atoms with van der Waals surface area (Å²) < 4.78 is 13.3. The molecule has 0 saturated carbocycles. The van der Waals surface area contributed by atoms with Gasteiger partial charge in [0.2, 0.25) is 0 Å². The molecule has 0 radical (unpaired) electrons. The summed E-state index contributed by atoms with van der Waals surface area (Å²) in [5, 5.41) is 3.37. The maximum absolute atomic E-state index is 13.3. The standard InChI is InChI=1S/C12H16ClFN2/c1-15-7-9-4-5-16(8-9)10-2-3-11(13)12(14)6-10/h2-3,6,9,15H,4-5,7-8H2,1H3. The SMILES string of the molecule is CNCC1CCN(c2ccc(Cl)c(F)c2)C1. The molecule has 1 aromatic carbocycles. The molecule has 1 aliphatic rings. The van der Waals surface area contributed by atoms with Crippen molar-refractivity contribution in [3.63, 3.8) is 0 Å². The Hall–Kier alpha value is -0.800. The second-order valence-electron chi connectivity index (χ2n) is 4.26. The third-order valence-corrected chi connectivity index (χ3v) is 3.35. The van der Waals surface area contributed by atoms with Crippen molar-refractivity contribution >= 4 is 17.3 Å². The Morgan fingerprint density at radius 2 is 2.38 bits per heavy atom. The molecule has 4 heteroatoms. The van der Waals surface area contributed by atoms with Crippen LogP contribution in [0.1, 0.15) is 6.42 Å². The first-order valence-electron chi connectivity index (χ1n) is 5.55. The van der Waals surface area contributed by atoms with Crippen LogP contribution in [0.2, 0.25) is 5.02 Å². The van der Waals surface area contributed by atoms with Crippen LogP contribution < -0.4 is 10.2 Å². The van der Waals surface area contributed by atoms with E-state index in [0.717, 1.165) is 31.7 Å². The molecule has 0 amide bonds. The molecule has 1 fully saturated rings. The number of rotatable bonds is 3. The Balaban J connectivity index is 2.05. The molecule has 2 nitrogen and oxygen atoms in total. The smallest absolute Gasteiger partial charge is 0.143 e. The van der Waals surface area contributed by atoms with Gasteiger partial charge in [-0.3, -0.25) is 0 Å². The molecule has 0 aliphatic carbocycles. The maximum Gasteiger partial charge on any atom is 0.143 e. The van der Waals surface area contributed by atoms with Crippen molar-refractivity contribution in [3.8, 4) is 0 Å². The first kappa shape index (κ1) is 11.7. The minimum Gasteiger partial charge on any atom is -0.371 e. The molecule has 1 heterocycles. The van der Waals surface area contributed by atoms with Crippen LogP contribution in [0.3, 0.4) is 0 Å². The highest BCUT2D eigenvalue weighted by molar-refractivity contribution is 6.30. The molecule has 1 atom stereocenters. The van der Waals surface area contributed by atoms with Crippen molar-refractivity contribution in [2.75, 3.05) is 31.6 Å². The van der Waals surface area contributed by atoms with Gasteiger partial charge < -0.3 is 10.2 Å². The number of nitrogens with one attached hydrogen (secondary N) is 1. The summed E-state index contributed by atoms with van der Waals surface area (Å²) in [5.74, 6) is 0.319. The second-order valence-corrected chi connectivity index (χ2v) is 4.66. The van der Waals surface area contributed by atoms with Gasteiger partial charge in [-0.2, -0.15) is 0 Å². The van der Waals surface area contributed by atoms with E-state index < -0.39 is 0 Å². The third-order valence-electron chi connectivity index (χ3n) is 3.05. The van der Waals surface area contributed by atoms with Crippen molar-refractivity contribution in [2.45, 2.75) is 6.42 Å². The lowest BCUT2D eigenvalue weighted by Crippen LogP contribution is -2.24. The zero-order valence-corrected chi connectivity index (χ0v) is 10.1. The Morgan fingerprint density at radius 1 is 1.56 bits per heavy atom. The molecular formula is C12H16ClFN2. The zero-order chi connectivity index (χ0) is 11.5. The number of benzene rings is 1. The predicted molar refractivity (Wildman–Crippen MR) is 65.7 cm³/mol. The fourth-order valence-electron chi connectivity index (χ4n) is 2.20. The molecule has 1 unspecified atom stereocenters. The molecule has 0 bridgehead atoms. The Bertz CT molecular complexity index is 370. The van der Waals surface area contributed by atoms with Gasteiger partial charge in [0.15, 0.2) is 0 Å². The lowest BCUT2D eigenvalue weighted by atomic mass is 10.1. The Morgan fingerprint density at radius 3 is 3.06 bits per heavy atom. The van der Waals surface area contributed by atoms with Crippen LogP contribution in [0.25, 0.3) is 0 Å². The van der Waals surface area contributed by atoms with Crippen LogP contribution in [0, 0.1) is 11.7 Å². The van der Waals surface area contributed by atoms with E-state index in [0.29, 0.717) is 5.92 Å². The van der Waals surface area contributed by atoms with Gasteiger partial charge in [0.25, 0.3) is 0 Å². The van der Waals surface area contributed by atoms with E-state index >= 15 is 0 Å². The van der Waals surface area contributed by atoms with E-state index in [1.807, 2.05) is 13.1 Å². The van der Waals surface area contributed by atoms with E-state index in [1.165, 1.54) is 6.07 Å². The summed E-state index contributed by atoms with van der Waals surface area (Å²) in [7, 11) is 1.96. The van der Waals surface area contributed by atoms with Gasteiger partial charge in [-0.25, -0.2) is 4.39 Å². The third kappa shape index (κ3) is 2.47. The minimum absolute atomic E-state index is 0.190. The zero-order valence-electron chi connectivity index (χ0n) is 9.34. The highest BCUT2D eigenvalue weighted by Crippen LogP contribution is 2.26. The van der Waals surface area contributed by atoms with Gasteiger partial charge in [0, 0.05) is 18.8 Å². The maximum atomic E-state index is 13.3. The van der Waals surface area contributed by atoms with Gasteiger partial charge in [-0.1, -0.05) is 11.6 Å². The molecule has 1 aliphatic heterocycles. The van der Waals surface area contributed by atoms with Gasteiger partial charge in [-0.05, 0) is 44.1 Å². The number of hydrogen-bond acceptors (Lipinski definition) is 2. The molecule has 2 rings (SSSR count). The van der Waals surface area contributed by atoms with Crippen LogP contribution in [0.15, 0.2) is 18.2 Å². The highest BCUT2D eigenvalue weighted by Gasteiger charge is 2.22. The Labute approximate surface area is 100 Å². The van der Waals surface area contributed by atoms with Gasteiger partial charge in [0.1, 0.15) is 5.82 Å². The van der Waals surface area contributed by atoms with E-state index in [4.69, 9.17) is 11.6 Å². The summed E-state index contributed by atoms with van der Waals surface area (Å²) in [6.07, 6.45) is 1.16. The topological polar surface area (TPSA) is 15.3 Å². The van der Waals surface area contributed by atoms with E-state index in [-0.39, 0.29) is 10.8 Å². The van der Waals surface area contributed by atoms with Crippen LogP contribution in [-0.2, 0) is 0 Å². The van der Waals surface area contributed by atoms with E-state index in [1.54, 1.807) is 6.07 Å². The second kappa shape index (κ2) is 5.02. The van der Waals surface area contributed by atoms with E-state index in [9.17, 15) is 4.39 Å². The average molecular weight is 243 g/mol. The summed E-state index contributed by atoms with van der Waals surface area (Å²) in [5.41, 5.74) is 0.931. The van der Waals surface area contributed by atoms with Gasteiger partial charge >= 0.3 is 0 Å². The molecule has 1 saturated heterocycles. The first-order valence-corrected chi connectivity index (χ1v) is 5.93. The lowest BCUT2D eigenvalue weighted by molar-refractivity contribution is 0.549. The van der Waals surface area contributed by atoms with Crippen molar-refractivity contribution < 1.29 is 4.39 Å². The van der Waals surface area contributed by atoms with Crippen LogP contribution in [0.4, 0.5) is 10.1 Å². The van der Waals surface area contributed by atoms with Crippen LogP contribution in [-0.4, -0.2) is 26.7 Å². The van der Waals surface area contributed by atoms with Gasteiger partial charge in [-0.15, -0.1) is 0 Å². The minimum atomic E-state index is -0.337. The lowest BCUT2D eigenvalue weighted by Gasteiger charge is -2.19. The highest BCUT2D eigenvalue weighted by atomic mass is 35.5. The fraction of sp³-hybridized carbons (Fsp3) is 0.500. The van der Waals surface area contributed by atoms with Crippen molar-refractivity contribution in [3.05, 3.63) is 29.0 Å². The molecular weight excluding hydrogens is 227 g/mol. The normalized spacial score (nSPS) is 20.4. The van der Waals surface area contributed by atoms with Gasteiger partial charge in [0.05, 0.1) is 5.02 Å². The predicted octanol–water partition coefficient (Wildman–Crippen LogP) is 2.52. The number of anilines is 1. The first-order chi connectivity index (χ1) is 7.70. The largest absolute Gasteiger partial charge is 0.371 e. The van der Waals surface area contributed by atoms with E-state index in [2.05, 4.69) is 10.2 Å². The molecule has 1 N–H and O–H groups in total. The van der Waals surface area contributed by atoms with Crippen molar-refractivity contribution in [1.29, 1.82) is 0 Å². The summed E-state index contributed by atoms with van der Waals surface area (Å²) in [6.45, 7) is 3.00. The summed E-state index contributed by atoms with van der Waals surface area (Å²) in [6, 6.07) is 5.02. The molecule has 0 spiro atoms. The summed E-state index contributed by atoms with van der Waals surface area (Å²) in [4.78, 5) is 2.21. The Kier molecular flexibility index (Phi) is 3.66. The quantitative estimate of drug-likeness (QED) is 0.876. The number of nitrogens with zero attached hydrogens (tertiary/aromatic N) is 1. The molecule has 1 aromatic rings. The monoisotopic (exact) mass is 242 g/mol. The summed E-state index contributed by atoms with van der Waals surface area (Å²) >= 11 is 5.66. The molecule has 88 valence electrons. The molecule has 16 heavy (non-hydrogen) atoms. The van der Waals surface area contributed by atoms with Crippen molar-refractivity contribution in [1.82, 2.24) is 5.32 Å².